The van der Waals surface area contributed by atoms with Crippen molar-refractivity contribution in [1.82, 2.24) is 9.97 Å². The minimum Gasteiger partial charge on any atom is -0.345 e. The van der Waals surface area contributed by atoms with E-state index in [2.05, 4.69) is 15.3 Å². The van der Waals surface area contributed by atoms with Crippen LogP contribution in [0.25, 0.3) is 11.6 Å². The number of fused-ring (bicyclic) bond motifs is 1. The molecule has 3 rings (SSSR count). The normalized spacial score (nSPS) is 16.1. The lowest BCUT2D eigenvalue weighted by Crippen LogP contribution is -2.03. The summed E-state index contributed by atoms with van der Waals surface area (Å²) < 4.78 is 0. The second-order valence-electron chi connectivity index (χ2n) is 4.02. The zero-order valence-corrected chi connectivity index (χ0v) is 9.32. The molecule has 0 bridgehead atoms. The van der Waals surface area contributed by atoms with Gasteiger partial charge in [0, 0.05) is 11.3 Å². The van der Waals surface area contributed by atoms with E-state index in [1.165, 1.54) is 0 Å². The molecule has 17 heavy (non-hydrogen) atoms. The molecule has 0 fully saturated rings. The SMILES string of the molecule is Cc1cccc2c1/C(=C/c1cnc[nH]1)C(=O)N2. The number of anilines is 1. The molecule has 0 spiro atoms. The lowest BCUT2D eigenvalue weighted by molar-refractivity contribution is -0.110. The molecule has 4 nitrogen and oxygen atoms in total. The van der Waals surface area contributed by atoms with E-state index >= 15 is 0 Å². The molecule has 0 radical (unpaired) electrons. The first-order chi connectivity index (χ1) is 8.25. The molecule has 0 unspecified atom stereocenters. The van der Waals surface area contributed by atoms with Crippen molar-refractivity contribution in [3.05, 3.63) is 47.5 Å². The lowest BCUT2D eigenvalue weighted by Gasteiger charge is -2.01. The zero-order chi connectivity index (χ0) is 11.8. The monoisotopic (exact) mass is 225 g/mol. The third-order valence-corrected chi connectivity index (χ3v) is 2.85. The maximum Gasteiger partial charge on any atom is 0.256 e. The van der Waals surface area contributed by atoms with Crippen molar-refractivity contribution >= 4 is 23.2 Å². The second-order valence-corrected chi connectivity index (χ2v) is 4.02. The summed E-state index contributed by atoms with van der Waals surface area (Å²) in [4.78, 5) is 18.8. The van der Waals surface area contributed by atoms with Gasteiger partial charge in [0.2, 0.25) is 0 Å². The second kappa shape index (κ2) is 3.59. The van der Waals surface area contributed by atoms with Gasteiger partial charge in [0.1, 0.15) is 0 Å². The summed E-state index contributed by atoms with van der Waals surface area (Å²) in [6.07, 6.45) is 5.11. The summed E-state index contributed by atoms with van der Waals surface area (Å²) in [5.74, 6) is -0.0658. The summed E-state index contributed by atoms with van der Waals surface area (Å²) in [7, 11) is 0. The summed E-state index contributed by atoms with van der Waals surface area (Å²) >= 11 is 0. The first kappa shape index (κ1) is 9.84. The van der Waals surface area contributed by atoms with Crippen molar-refractivity contribution in [2.75, 3.05) is 5.32 Å². The molecule has 1 aromatic carbocycles. The van der Waals surface area contributed by atoms with Crippen LogP contribution in [0.2, 0.25) is 0 Å². The molecule has 1 aromatic heterocycles. The maximum atomic E-state index is 11.9. The number of aromatic nitrogens is 2. The van der Waals surface area contributed by atoms with Crippen LogP contribution in [0.15, 0.2) is 30.7 Å². The molecule has 2 N–H and O–H groups in total. The number of rotatable bonds is 1. The van der Waals surface area contributed by atoms with Crippen LogP contribution in [0.4, 0.5) is 5.69 Å². The predicted octanol–water partition coefficient (Wildman–Crippen LogP) is 2.21. The van der Waals surface area contributed by atoms with Crippen molar-refractivity contribution < 1.29 is 4.79 Å². The molecule has 0 saturated carbocycles. The fraction of sp³-hybridized carbons (Fsp3) is 0.0769. The number of carbonyl (C=O) groups is 1. The van der Waals surface area contributed by atoms with E-state index in [9.17, 15) is 4.79 Å². The van der Waals surface area contributed by atoms with Crippen LogP contribution in [0.5, 0.6) is 0 Å². The molecule has 4 heteroatoms. The van der Waals surface area contributed by atoms with E-state index in [0.717, 1.165) is 22.5 Å². The van der Waals surface area contributed by atoms with E-state index in [0.29, 0.717) is 5.57 Å². The highest BCUT2D eigenvalue weighted by Crippen LogP contribution is 2.34. The van der Waals surface area contributed by atoms with Gasteiger partial charge in [0.15, 0.2) is 0 Å². The number of aryl methyl sites for hydroxylation is 1. The average Bonchev–Trinajstić information content (AvgIpc) is 2.89. The van der Waals surface area contributed by atoms with E-state index in [4.69, 9.17) is 0 Å². The van der Waals surface area contributed by atoms with E-state index in [-0.39, 0.29) is 5.91 Å². The van der Waals surface area contributed by atoms with Gasteiger partial charge in [-0.3, -0.25) is 4.79 Å². The Morgan fingerprint density at radius 2 is 2.24 bits per heavy atom. The van der Waals surface area contributed by atoms with Gasteiger partial charge in [-0.15, -0.1) is 0 Å². The van der Waals surface area contributed by atoms with Gasteiger partial charge < -0.3 is 10.3 Å². The number of hydrogen-bond donors (Lipinski definition) is 2. The quantitative estimate of drug-likeness (QED) is 0.731. The highest BCUT2D eigenvalue weighted by molar-refractivity contribution is 6.35. The van der Waals surface area contributed by atoms with Crippen LogP contribution < -0.4 is 5.32 Å². The minimum absolute atomic E-state index is 0.0658. The fourth-order valence-electron chi connectivity index (χ4n) is 2.07. The number of hydrogen-bond acceptors (Lipinski definition) is 2. The summed E-state index contributed by atoms with van der Waals surface area (Å²) in [5, 5.41) is 2.86. The minimum atomic E-state index is -0.0658. The first-order valence-corrected chi connectivity index (χ1v) is 5.37. The van der Waals surface area contributed by atoms with E-state index in [1.807, 2.05) is 31.2 Å². The third kappa shape index (κ3) is 1.54. The van der Waals surface area contributed by atoms with Crippen molar-refractivity contribution in [3.63, 3.8) is 0 Å². The number of H-pyrrole nitrogens is 1. The smallest absolute Gasteiger partial charge is 0.256 e. The molecular formula is C13H11N3O. The average molecular weight is 225 g/mol. The fourth-order valence-corrected chi connectivity index (χ4v) is 2.07. The number of nitrogens with zero attached hydrogens (tertiary/aromatic N) is 1. The van der Waals surface area contributed by atoms with Gasteiger partial charge in [-0.05, 0) is 24.6 Å². The van der Waals surface area contributed by atoms with Crippen LogP contribution in [0.1, 0.15) is 16.8 Å². The Morgan fingerprint density at radius 3 is 3.00 bits per heavy atom. The summed E-state index contributed by atoms with van der Waals surface area (Å²) in [5.41, 5.74) is 4.45. The van der Waals surface area contributed by atoms with Gasteiger partial charge in [0.25, 0.3) is 5.91 Å². The van der Waals surface area contributed by atoms with Crippen molar-refractivity contribution in [3.8, 4) is 0 Å². The Labute approximate surface area is 98.4 Å². The Kier molecular flexibility index (Phi) is 2.08. The van der Waals surface area contributed by atoms with Gasteiger partial charge in [-0.2, -0.15) is 0 Å². The molecular weight excluding hydrogens is 214 g/mol. The van der Waals surface area contributed by atoms with Gasteiger partial charge in [0.05, 0.1) is 23.8 Å². The molecule has 0 atom stereocenters. The number of nitrogens with one attached hydrogen (secondary N) is 2. The largest absolute Gasteiger partial charge is 0.345 e. The van der Waals surface area contributed by atoms with Crippen LogP contribution in [0.3, 0.4) is 0 Å². The van der Waals surface area contributed by atoms with Crippen LogP contribution in [-0.4, -0.2) is 15.9 Å². The van der Waals surface area contributed by atoms with Gasteiger partial charge in [-0.1, -0.05) is 12.1 Å². The molecule has 84 valence electrons. The number of benzene rings is 1. The highest BCUT2D eigenvalue weighted by Gasteiger charge is 2.25. The predicted molar refractivity (Wildman–Crippen MR) is 66.3 cm³/mol. The zero-order valence-electron chi connectivity index (χ0n) is 9.32. The van der Waals surface area contributed by atoms with Crippen LogP contribution in [-0.2, 0) is 4.79 Å². The third-order valence-electron chi connectivity index (χ3n) is 2.85. The Morgan fingerprint density at radius 1 is 1.35 bits per heavy atom. The Balaban J connectivity index is 2.17. The van der Waals surface area contributed by atoms with E-state index < -0.39 is 0 Å². The number of aromatic amines is 1. The summed E-state index contributed by atoms with van der Waals surface area (Å²) in [6, 6.07) is 5.85. The Bertz CT molecular complexity index is 612. The van der Waals surface area contributed by atoms with Crippen molar-refractivity contribution in [2.24, 2.45) is 0 Å². The van der Waals surface area contributed by atoms with Crippen LogP contribution in [0, 0.1) is 6.92 Å². The number of imidazole rings is 1. The van der Waals surface area contributed by atoms with Gasteiger partial charge >= 0.3 is 0 Å². The molecule has 1 aliphatic heterocycles. The van der Waals surface area contributed by atoms with Gasteiger partial charge in [-0.25, -0.2) is 4.98 Å². The lowest BCUT2D eigenvalue weighted by atomic mass is 10.0. The summed E-state index contributed by atoms with van der Waals surface area (Å²) in [6.45, 7) is 2.00. The molecule has 2 aromatic rings. The topological polar surface area (TPSA) is 57.8 Å². The Hall–Kier alpha value is -2.36. The van der Waals surface area contributed by atoms with E-state index in [1.54, 1.807) is 12.5 Å². The van der Waals surface area contributed by atoms with Crippen molar-refractivity contribution in [2.45, 2.75) is 6.92 Å². The molecule has 1 amide bonds. The van der Waals surface area contributed by atoms with Crippen molar-refractivity contribution in [1.29, 1.82) is 0 Å². The standard InChI is InChI=1S/C13H11N3O/c1-8-3-2-4-11-12(8)10(13(17)16-11)5-9-6-14-7-15-9/h2-7H,1H3,(H,14,15)(H,16,17)/b10-5-. The molecule has 1 aliphatic rings. The molecule has 0 aliphatic carbocycles. The highest BCUT2D eigenvalue weighted by atomic mass is 16.2. The molecule has 2 heterocycles. The maximum absolute atomic E-state index is 11.9. The first-order valence-electron chi connectivity index (χ1n) is 5.37. The molecule has 0 saturated heterocycles. The van der Waals surface area contributed by atoms with Crippen LogP contribution >= 0.6 is 0 Å². The number of amides is 1. The number of carbonyl (C=O) groups excluding carboxylic acids is 1.